The number of carbonyl (C=O) groups is 2. The summed E-state index contributed by atoms with van der Waals surface area (Å²) in [5, 5.41) is 7.16. The highest BCUT2D eigenvalue weighted by molar-refractivity contribution is 6.03. The Morgan fingerprint density at radius 2 is 2.24 bits per heavy atom. The molecule has 1 N–H and O–H groups in total. The van der Waals surface area contributed by atoms with Crippen LogP contribution in [0.4, 0.5) is 5.95 Å². The van der Waals surface area contributed by atoms with Crippen LogP contribution in [0.3, 0.4) is 0 Å². The van der Waals surface area contributed by atoms with Crippen LogP contribution in [0, 0.1) is 6.92 Å². The number of ether oxygens (including phenoxy) is 1. The van der Waals surface area contributed by atoms with Crippen LogP contribution in [0.25, 0.3) is 11.0 Å². The lowest BCUT2D eigenvalue weighted by Gasteiger charge is -2.18. The summed E-state index contributed by atoms with van der Waals surface area (Å²) < 4.78 is 9.19. The van der Waals surface area contributed by atoms with E-state index in [1.54, 1.807) is 22.9 Å². The lowest BCUT2D eigenvalue weighted by atomic mass is 10.2. The molecule has 0 radical (unpaired) electrons. The summed E-state index contributed by atoms with van der Waals surface area (Å²) >= 11 is 0. The molecular weight excluding hydrogens is 322 g/mol. The Labute approximate surface area is 143 Å². The molecule has 1 amide bonds. The second kappa shape index (κ2) is 5.73. The Kier molecular flexibility index (Phi) is 3.52. The third kappa shape index (κ3) is 2.46. The predicted molar refractivity (Wildman–Crippen MR) is 91.2 cm³/mol. The molecule has 0 saturated heterocycles. The normalized spacial score (nSPS) is 12.9. The highest BCUT2D eigenvalue weighted by Gasteiger charge is 2.22. The van der Waals surface area contributed by atoms with Gasteiger partial charge in [-0.15, -0.1) is 0 Å². The van der Waals surface area contributed by atoms with Crippen molar-refractivity contribution in [2.75, 3.05) is 11.9 Å². The first-order chi connectivity index (χ1) is 12.1. The van der Waals surface area contributed by atoms with Crippen LogP contribution in [0.1, 0.15) is 33.5 Å². The average molecular weight is 339 g/mol. The number of aryl methyl sites for hydroxylation is 2. The zero-order chi connectivity index (χ0) is 17.6. The number of amides is 1. The van der Waals surface area contributed by atoms with Crippen LogP contribution in [-0.2, 0) is 13.1 Å². The lowest BCUT2D eigenvalue weighted by Crippen LogP contribution is -2.22. The zero-order valence-corrected chi connectivity index (χ0v) is 13.9. The van der Waals surface area contributed by atoms with Crippen molar-refractivity contribution in [3.8, 4) is 5.75 Å². The Bertz CT molecular complexity index is 1000. The number of hydrogen-bond acceptors (Lipinski definition) is 5. The van der Waals surface area contributed by atoms with E-state index in [0.29, 0.717) is 48.2 Å². The number of aromatic nitrogens is 4. The molecule has 128 valence electrons. The van der Waals surface area contributed by atoms with E-state index in [4.69, 9.17) is 4.74 Å². The van der Waals surface area contributed by atoms with E-state index in [-0.39, 0.29) is 5.91 Å². The van der Waals surface area contributed by atoms with Gasteiger partial charge in [0, 0.05) is 12.1 Å². The monoisotopic (exact) mass is 339 g/mol. The molecule has 0 atom stereocenters. The Hall–Kier alpha value is -3.16. The van der Waals surface area contributed by atoms with Gasteiger partial charge in [-0.05, 0) is 32.0 Å². The molecule has 1 aliphatic heterocycles. The largest absolute Gasteiger partial charge is 0.489 e. The maximum absolute atomic E-state index is 12.7. The number of aldehydes is 1. The standard InChI is InChI=1S/C17H17N5O3/c1-3-22-13(6-10(2)20-22)16(24)19-17-18-12-7-11(9-23)8-14-15(12)21(17)4-5-25-14/h6-9H,3-5H2,1-2H3,(H,18,19,24). The number of anilines is 1. The summed E-state index contributed by atoms with van der Waals surface area (Å²) in [5.74, 6) is 0.778. The summed E-state index contributed by atoms with van der Waals surface area (Å²) in [7, 11) is 0. The summed E-state index contributed by atoms with van der Waals surface area (Å²) in [6.45, 7) is 5.41. The lowest BCUT2D eigenvalue weighted by molar-refractivity contribution is 0.101. The molecule has 0 unspecified atom stereocenters. The van der Waals surface area contributed by atoms with Gasteiger partial charge in [0.1, 0.15) is 29.9 Å². The fourth-order valence-electron chi connectivity index (χ4n) is 3.12. The topological polar surface area (TPSA) is 91.0 Å². The first-order valence-electron chi connectivity index (χ1n) is 8.08. The van der Waals surface area contributed by atoms with Gasteiger partial charge in [-0.2, -0.15) is 5.10 Å². The van der Waals surface area contributed by atoms with Crippen molar-refractivity contribution in [2.45, 2.75) is 26.9 Å². The highest BCUT2D eigenvalue weighted by atomic mass is 16.5. The van der Waals surface area contributed by atoms with Crippen LogP contribution in [0.2, 0.25) is 0 Å². The number of nitrogens with one attached hydrogen (secondary N) is 1. The van der Waals surface area contributed by atoms with Gasteiger partial charge in [0.15, 0.2) is 0 Å². The minimum absolute atomic E-state index is 0.266. The van der Waals surface area contributed by atoms with Gasteiger partial charge in [-0.1, -0.05) is 0 Å². The molecule has 3 aromatic rings. The number of rotatable bonds is 4. The molecule has 8 heteroatoms. The number of imidazole rings is 1. The van der Waals surface area contributed by atoms with Crippen LogP contribution < -0.4 is 10.1 Å². The first kappa shape index (κ1) is 15.4. The molecule has 25 heavy (non-hydrogen) atoms. The summed E-state index contributed by atoms with van der Waals surface area (Å²) in [4.78, 5) is 28.2. The second-order valence-electron chi connectivity index (χ2n) is 5.88. The van der Waals surface area contributed by atoms with E-state index in [9.17, 15) is 9.59 Å². The molecule has 1 aliphatic rings. The highest BCUT2D eigenvalue weighted by Crippen LogP contribution is 2.32. The molecule has 0 saturated carbocycles. The van der Waals surface area contributed by atoms with Crippen molar-refractivity contribution >= 4 is 29.2 Å². The first-order valence-corrected chi connectivity index (χ1v) is 8.08. The van der Waals surface area contributed by atoms with Crippen LogP contribution in [-0.4, -0.2) is 38.1 Å². The summed E-state index contributed by atoms with van der Waals surface area (Å²) in [5.41, 5.74) is 3.17. The van der Waals surface area contributed by atoms with Crippen molar-refractivity contribution in [2.24, 2.45) is 0 Å². The maximum Gasteiger partial charge on any atom is 0.276 e. The Morgan fingerprint density at radius 3 is 3.00 bits per heavy atom. The fourth-order valence-corrected chi connectivity index (χ4v) is 3.12. The van der Waals surface area contributed by atoms with E-state index in [1.165, 1.54) is 0 Å². The molecule has 0 fully saturated rings. The molecule has 0 aliphatic carbocycles. The molecule has 0 spiro atoms. The van der Waals surface area contributed by atoms with Gasteiger partial charge in [-0.25, -0.2) is 4.98 Å². The fraction of sp³-hybridized carbons (Fsp3) is 0.294. The van der Waals surface area contributed by atoms with E-state index >= 15 is 0 Å². The Morgan fingerprint density at radius 1 is 1.40 bits per heavy atom. The number of benzene rings is 1. The summed E-state index contributed by atoms with van der Waals surface area (Å²) in [6, 6.07) is 5.12. The van der Waals surface area contributed by atoms with Crippen molar-refractivity contribution < 1.29 is 14.3 Å². The van der Waals surface area contributed by atoms with Crippen molar-refractivity contribution in [3.63, 3.8) is 0 Å². The van der Waals surface area contributed by atoms with E-state index in [2.05, 4.69) is 15.4 Å². The van der Waals surface area contributed by atoms with Crippen molar-refractivity contribution in [1.29, 1.82) is 0 Å². The quantitative estimate of drug-likeness (QED) is 0.734. The molecule has 8 nitrogen and oxygen atoms in total. The van der Waals surface area contributed by atoms with Crippen LogP contribution in [0.15, 0.2) is 18.2 Å². The smallest absolute Gasteiger partial charge is 0.276 e. The molecule has 1 aromatic carbocycles. The SMILES string of the molecule is CCn1nc(C)cc1C(=O)Nc1nc2cc(C=O)cc3c2n1CCO3. The Balaban J connectivity index is 1.76. The van der Waals surface area contributed by atoms with Crippen molar-refractivity contribution in [1.82, 2.24) is 19.3 Å². The van der Waals surface area contributed by atoms with Gasteiger partial charge in [0.05, 0.1) is 17.8 Å². The van der Waals surface area contributed by atoms with E-state index in [0.717, 1.165) is 17.5 Å². The number of hydrogen-bond donors (Lipinski definition) is 1. The zero-order valence-electron chi connectivity index (χ0n) is 13.9. The van der Waals surface area contributed by atoms with Crippen molar-refractivity contribution in [3.05, 3.63) is 35.2 Å². The van der Waals surface area contributed by atoms with Gasteiger partial charge in [0.25, 0.3) is 5.91 Å². The third-order valence-electron chi connectivity index (χ3n) is 4.20. The van der Waals surface area contributed by atoms with Gasteiger partial charge in [0.2, 0.25) is 5.95 Å². The minimum Gasteiger partial charge on any atom is -0.489 e. The molecule has 2 aromatic heterocycles. The van der Waals surface area contributed by atoms with Gasteiger partial charge >= 0.3 is 0 Å². The van der Waals surface area contributed by atoms with E-state index in [1.807, 2.05) is 18.4 Å². The van der Waals surface area contributed by atoms with Gasteiger partial charge < -0.3 is 9.30 Å². The van der Waals surface area contributed by atoms with Crippen LogP contribution >= 0.6 is 0 Å². The number of nitrogens with zero attached hydrogens (tertiary/aromatic N) is 4. The molecule has 3 heterocycles. The second-order valence-corrected chi connectivity index (χ2v) is 5.88. The average Bonchev–Trinajstić information content (AvgIpc) is 3.16. The van der Waals surface area contributed by atoms with Crippen LogP contribution in [0.5, 0.6) is 5.75 Å². The molecule has 0 bridgehead atoms. The maximum atomic E-state index is 12.7. The third-order valence-corrected chi connectivity index (χ3v) is 4.20. The predicted octanol–water partition coefficient (Wildman–Crippen LogP) is 2.02. The molecular formula is C17H17N5O3. The summed E-state index contributed by atoms with van der Waals surface area (Å²) in [6.07, 6.45) is 0.758. The number of carbonyl (C=O) groups excluding carboxylic acids is 2. The van der Waals surface area contributed by atoms with Gasteiger partial charge in [-0.3, -0.25) is 19.6 Å². The molecule has 4 rings (SSSR count). The van der Waals surface area contributed by atoms with E-state index < -0.39 is 0 Å². The minimum atomic E-state index is -0.266.